The zero-order chi connectivity index (χ0) is 17.5. The van der Waals surface area contributed by atoms with Crippen LogP contribution >= 0.6 is 0 Å². The number of carbonyl (C=O) groups excluding carboxylic acids is 1. The van der Waals surface area contributed by atoms with Crippen LogP contribution in [0.15, 0.2) is 54.6 Å². The van der Waals surface area contributed by atoms with Gasteiger partial charge in [-0.25, -0.2) is 4.39 Å². The summed E-state index contributed by atoms with van der Waals surface area (Å²) in [7, 11) is 0. The first-order valence-electron chi connectivity index (χ1n) is 9.03. The van der Waals surface area contributed by atoms with E-state index < -0.39 is 0 Å². The molecule has 25 heavy (non-hydrogen) atoms. The highest BCUT2D eigenvalue weighted by Gasteiger charge is 2.19. The lowest BCUT2D eigenvalue weighted by Crippen LogP contribution is -2.31. The summed E-state index contributed by atoms with van der Waals surface area (Å²) in [4.78, 5) is 12.5. The van der Waals surface area contributed by atoms with Crippen LogP contribution in [0.25, 0.3) is 0 Å². The second-order valence-corrected chi connectivity index (χ2v) is 6.69. The standard InChI is InChI=1S/C21H25FN2O/c22-19-9-7-18(8-10-19)21(17-4-2-1-3-5-17)24-20(25)11-6-16-12-14-23-15-13-16/h1-5,7-10,16,21,23H,6,11-15H2,(H,24,25). The number of amides is 1. The summed E-state index contributed by atoms with van der Waals surface area (Å²) in [6.07, 6.45) is 3.76. The van der Waals surface area contributed by atoms with Crippen molar-refractivity contribution in [3.63, 3.8) is 0 Å². The molecule has 1 heterocycles. The summed E-state index contributed by atoms with van der Waals surface area (Å²) >= 11 is 0. The van der Waals surface area contributed by atoms with Gasteiger partial charge in [0.2, 0.25) is 5.91 Å². The average molecular weight is 340 g/mol. The topological polar surface area (TPSA) is 41.1 Å². The molecule has 4 heteroatoms. The van der Waals surface area contributed by atoms with E-state index in [9.17, 15) is 9.18 Å². The number of piperidine rings is 1. The van der Waals surface area contributed by atoms with Crippen molar-refractivity contribution in [3.8, 4) is 0 Å². The number of carbonyl (C=O) groups is 1. The minimum Gasteiger partial charge on any atom is -0.345 e. The molecule has 0 aliphatic carbocycles. The molecule has 132 valence electrons. The zero-order valence-electron chi connectivity index (χ0n) is 14.4. The Balaban J connectivity index is 1.66. The number of halogens is 1. The van der Waals surface area contributed by atoms with Crippen LogP contribution in [-0.2, 0) is 4.79 Å². The van der Waals surface area contributed by atoms with E-state index in [0.717, 1.165) is 43.5 Å². The fraction of sp³-hybridized carbons (Fsp3) is 0.381. The van der Waals surface area contributed by atoms with Gasteiger partial charge in [0.1, 0.15) is 5.82 Å². The molecule has 1 aliphatic rings. The Morgan fingerprint density at radius 2 is 1.68 bits per heavy atom. The molecule has 1 aliphatic heterocycles. The van der Waals surface area contributed by atoms with E-state index in [1.165, 1.54) is 12.1 Å². The van der Waals surface area contributed by atoms with Gasteiger partial charge in [-0.05, 0) is 61.5 Å². The Hall–Kier alpha value is -2.20. The SMILES string of the molecule is O=C(CCC1CCNCC1)NC(c1ccccc1)c1ccc(F)cc1. The van der Waals surface area contributed by atoms with Crippen LogP contribution in [-0.4, -0.2) is 19.0 Å². The van der Waals surface area contributed by atoms with Gasteiger partial charge in [-0.2, -0.15) is 0 Å². The molecule has 3 rings (SSSR count). The van der Waals surface area contributed by atoms with Gasteiger partial charge in [0.25, 0.3) is 0 Å². The van der Waals surface area contributed by atoms with E-state index in [4.69, 9.17) is 0 Å². The van der Waals surface area contributed by atoms with Crippen LogP contribution in [0, 0.1) is 11.7 Å². The Morgan fingerprint density at radius 3 is 2.36 bits per heavy atom. The van der Waals surface area contributed by atoms with Crippen LogP contribution in [0.5, 0.6) is 0 Å². The van der Waals surface area contributed by atoms with Gasteiger partial charge in [0.05, 0.1) is 6.04 Å². The Labute approximate surface area is 148 Å². The molecule has 1 amide bonds. The van der Waals surface area contributed by atoms with Gasteiger partial charge in [-0.15, -0.1) is 0 Å². The van der Waals surface area contributed by atoms with Gasteiger partial charge in [-0.3, -0.25) is 4.79 Å². The molecule has 0 bridgehead atoms. The number of benzene rings is 2. The smallest absolute Gasteiger partial charge is 0.220 e. The Morgan fingerprint density at radius 1 is 1.04 bits per heavy atom. The monoisotopic (exact) mass is 340 g/mol. The highest BCUT2D eigenvalue weighted by Crippen LogP contribution is 2.23. The molecule has 2 aromatic rings. The van der Waals surface area contributed by atoms with E-state index in [1.54, 1.807) is 12.1 Å². The third-order valence-corrected chi connectivity index (χ3v) is 4.88. The first kappa shape index (κ1) is 17.6. The van der Waals surface area contributed by atoms with Crippen LogP contribution in [0.3, 0.4) is 0 Å². The summed E-state index contributed by atoms with van der Waals surface area (Å²) in [5.74, 6) is 0.414. The third-order valence-electron chi connectivity index (χ3n) is 4.88. The van der Waals surface area contributed by atoms with Gasteiger partial charge in [-0.1, -0.05) is 42.5 Å². The average Bonchev–Trinajstić information content (AvgIpc) is 2.67. The molecular formula is C21H25FN2O. The molecule has 0 aromatic heterocycles. The van der Waals surface area contributed by atoms with Crippen molar-refractivity contribution >= 4 is 5.91 Å². The third kappa shape index (κ3) is 5.13. The number of nitrogens with one attached hydrogen (secondary N) is 2. The molecular weight excluding hydrogens is 315 g/mol. The first-order chi connectivity index (χ1) is 12.2. The number of hydrogen-bond donors (Lipinski definition) is 2. The molecule has 0 radical (unpaired) electrons. The van der Waals surface area contributed by atoms with Crippen molar-refractivity contribution in [3.05, 3.63) is 71.5 Å². The fourth-order valence-electron chi connectivity index (χ4n) is 3.40. The second kappa shape index (κ2) is 8.77. The molecule has 1 atom stereocenters. The predicted octanol–water partition coefficient (Wildman–Crippen LogP) is 3.81. The van der Waals surface area contributed by atoms with Crippen molar-refractivity contribution in [1.82, 2.24) is 10.6 Å². The fourth-order valence-corrected chi connectivity index (χ4v) is 3.40. The largest absolute Gasteiger partial charge is 0.345 e. The highest BCUT2D eigenvalue weighted by molar-refractivity contribution is 5.77. The van der Waals surface area contributed by atoms with Crippen LogP contribution in [0.2, 0.25) is 0 Å². The molecule has 2 N–H and O–H groups in total. The summed E-state index contributed by atoms with van der Waals surface area (Å²) < 4.78 is 13.2. The van der Waals surface area contributed by atoms with Crippen molar-refractivity contribution in [2.24, 2.45) is 5.92 Å². The molecule has 1 fully saturated rings. The van der Waals surface area contributed by atoms with E-state index in [0.29, 0.717) is 12.3 Å². The second-order valence-electron chi connectivity index (χ2n) is 6.69. The maximum absolute atomic E-state index is 13.2. The van der Waals surface area contributed by atoms with Crippen LogP contribution < -0.4 is 10.6 Å². The maximum atomic E-state index is 13.2. The predicted molar refractivity (Wildman–Crippen MR) is 97.7 cm³/mol. The van der Waals surface area contributed by atoms with E-state index in [2.05, 4.69) is 10.6 Å². The van der Waals surface area contributed by atoms with Crippen molar-refractivity contribution < 1.29 is 9.18 Å². The molecule has 0 spiro atoms. The van der Waals surface area contributed by atoms with Gasteiger partial charge < -0.3 is 10.6 Å². The summed E-state index contributed by atoms with van der Waals surface area (Å²) in [5.41, 5.74) is 1.90. The molecule has 1 unspecified atom stereocenters. The summed E-state index contributed by atoms with van der Waals surface area (Å²) in [6.45, 7) is 2.10. The lowest BCUT2D eigenvalue weighted by molar-refractivity contribution is -0.121. The lowest BCUT2D eigenvalue weighted by Gasteiger charge is -2.23. The van der Waals surface area contributed by atoms with Crippen molar-refractivity contribution in [1.29, 1.82) is 0 Å². The normalized spacial score (nSPS) is 16.4. The van der Waals surface area contributed by atoms with E-state index in [-0.39, 0.29) is 17.8 Å². The molecule has 0 saturated carbocycles. The zero-order valence-corrected chi connectivity index (χ0v) is 14.4. The van der Waals surface area contributed by atoms with Gasteiger partial charge in [0.15, 0.2) is 0 Å². The van der Waals surface area contributed by atoms with Gasteiger partial charge in [0, 0.05) is 6.42 Å². The molecule has 1 saturated heterocycles. The minimum atomic E-state index is -0.271. The molecule has 2 aromatic carbocycles. The lowest BCUT2D eigenvalue weighted by atomic mass is 9.92. The maximum Gasteiger partial charge on any atom is 0.220 e. The quantitative estimate of drug-likeness (QED) is 0.839. The molecule has 3 nitrogen and oxygen atoms in total. The number of rotatable bonds is 6. The Kier molecular flexibility index (Phi) is 6.18. The first-order valence-corrected chi connectivity index (χ1v) is 9.03. The van der Waals surface area contributed by atoms with Crippen LogP contribution in [0.4, 0.5) is 4.39 Å². The van der Waals surface area contributed by atoms with E-state index in [1.807, 2.05) is 30.3 Å². The Bertz CT molecular complexity index is 666. The van der Waals surface area contributed by atoms with Crippen LogP contribution in [0.1, 0.15) is 42.9 Å². The van der Waals surface area contributed by atoms with Crippen molar-refractivity contribution in [2.75, 3.05) is 13.1 Å². The van der Waals surface area contributed by atoms with E-state index >= 15 is 0 Å². The highest BCUT2D eigenvalue weighted by atomic mass is 19.1. The van der Waals surface area contributed by atoms with Gasteiger partial charge >= 0.3 is 0 Å². The number of hydrogen-bond acceptors (Lipinski definition) is 2. The minimum absolute atomic E-state index is 0.0525. The summed E-state index contributed by atoms with van der Waals surface area (Å²) in [5, 5.41) is 6.48. The summed E-state index contributed by atoms with van der Waals surface area (Å²) in [6, 6.07) is 15.9. The van der Waals surface area contributed by atoms with Crippen molar-refractivity contribution in [2.45, 2.75) is 31.7 Å².